The molecule has 26 heavy (non-hydrogen) atoms. The lowest BCUT2D eigenvalue weighted by Crippen LogP contribution is -2.20. The highest BCUT2D eigenvalue weighted by Gasteiger charge is 2.13. The fraction of sp³-hybridized carbons (Fsp3) is 0.300. The van der Waals surface area contributed by atoms with Crippen LogP contribution in [0.25, 0.3) is 0 Å². The number of ether oxygens (including phenoxy) is 3. The third-order valence-electron chi connectivity index (χ3n) is 3.72. The second-order valence-corrected chi connectivity index (χ2v) is 5.55. The monoisotopic (exact) mass is 356 g/mol. The Balaban J connectivity index is 2.18. The lowest BCUT2D eigenvalue weighted by atomic mass is 10.1. The van der Waals surface area contributed by atoms with Crippen molar-refractivity contribution in [1.82, 2.24) is 5.43 Å². The minimum Gasteiger partial charge on any atom is -0.497 e. The van der Waals surface area contributed by atoms with Crippen molar-refractivity contribution in [1.29, 1.82) is 0 Å². The van der Waals surface area contributed by atoms with E-state index in [1.54, 1.807) is 45.4 Å². The Hall–Kier alpha value is -3.02. The third-order valence-corrected chi connectivity index (χ3v) is 3.72. The summed E-state index contributed by atoms with van der Waals surface area (Å²) in [4.78, 5) is 12.5. The molecule has 138 valence electrons. The summed E-state index contributed by atoms with van der Waals surface area (Å²) in [5.74, 6) is 1.52. The molecule has 0 spiro atoms. The van der Waals surface area contributed by atoms with Gasteiger partial charge in [0, 0.05) is 11.6 Å². The molecule has 1 amide bonds. The number of nitrogens with one attached hydrogen (secondary N) is 1. The largest absolute Gasteiger partial charge is 0.497 e. The number of hydrogen-bond donors (Lipinski definition) is 1. The average Bonchev–Trinajstić information content (AvgIpc) is 2.69. The average molecular weight is 356 g/mol. The van der Waals surface area contributed by atoms with Crippen molar-refractivity contribution in [3.63, 3.8) is 0 Å². The fourth-order valence-corrected chi connectivity index (χ4v) is 2.34. The summed E-state index contributed by atoms with van der Waals surface area (Å²) in [6, 6.07) is 12.5. The number of nitrogens with zero attached hydrogens (tertiary/aromatic N) is 1. The van der Waals surface area contributed by atoms with Crippen LogP contribution >= 0.6 is 0 Å². The first-order valence-corrected chi connectivity index (χ1v) is 8.39. The molecule has 0 saturated heterocycles. The smallest absolute Gasteiger partial charge is 0.275 e. The van der Waals surface area contributed by atoms with E-state index in [1.165, 1.54) is 0 Å². The topological polar surface area (TPSA) is 69.2 Å². The van der Waals surface area contributed by atoms with E-state index in [0.29, 0.717) is 35.1 Å². The van der Waals surface area contributed by atoms with Gasteiger partial charge in [0.2, 0.25) is 0 Å². The van der Waals surface area contributed by atoms with Gasteiger partial charge in [-0.3, -0.25) is 4.79 Å². The zero-order chi connectivity index (χ0) is 18.9. The fourth-order valence-electron chi connectivity index (χ4n) is 2.34. The van der Waals surface area contributed by atoms with Gasteiger partial charge in [0.1, 0.15) is 17.2 Å². The quantitative estimate of drug-likeness (QED) is 0.579. The Labute approximate surface area is 153 Å². The Kier molecular flexibility index (Phi) is 7.02. The zero-order valence-corrected chi connectivity index (χ0v) is 15.5. The lowest BCUT2D eigenvalue weighted by Gasteiger charge is -2.11. The molecular weight excluding hydrogens is 332 g/mol. The summed E-state index contributed by atoms with van der Waals surface area (Å²) >= 11 is 0. The first kappa shape index (κ1) is 19.3. The van der Waals surface area contributed by atoms with Crippen molar-refractivity contribution in [2.24, 2.45) is 5.10 Å². The maximum atomic E-state index is 12.5. The van der Waals surface area contributed by atoms with Crippen LogP contribution in [-0.2, 0) is 0 Å². The SMILES string of the molecule is CCCOc1ccccc1C(=O)N/N=C(\C)c1ccc(OC)cc1OC. The van der Waals surface area contributed by atoms with Gasteiger partial charge in [0.25, 0.3) is 5.91 Å². The molecule has 0 aliphatic carbocycles. The van der Waals surface area contributed by atoms with Gasteiger partial charge in [-0.2, -0.15) is 5.10 Å². The number of carbonyl (C=O) groups excluding carboxylic acids is 1. The molecule has 0 fully saturated rings. The van der Waals surface area contributed by atoms with Crippen LogP contribution in [0.15, 0.2) is 47.6 Å². The van der Waals surface area contributed by atoms with E-state index < -0.39 is 0 Å². The van der Waals surface area contributed by atoms with Crippen LogP contribution in [0.3, 0.4) is 0 Å². The van der Waals surface area contributed by atoms with Gasteiger partial charge in [-0.15, -0.1) is 0 Å². The highest BCUT2D eigenvalue weighted by atomic mass is 16.5. The van der Waals surface area contributed by atoms with E-state index in [9.17, 15) is 4.79 Å². The third kappa shape index (κ3) is 4.75. The van der Waals surface area contributed by atoms with Crippen molar-refractivity contribution < 1.29 is 19.0 Å². The van der Waals surface area contributed by atoms with Crippen LogP contribution in [0.5, 0.6) is 17.2 Å². The van der Waals surface area contributed by atoms with E-state index in [4.69, 9.17) is 14.2 Å². The second-order valence-electron chi connectivity index (χ2n) is 5.55. The molecule has 0 atom stereocenters. The molecule has 0 aromatic heterocycles. The second kappa shape index (κ2) is 9.46. The van der Waals surface area contributed by atoms with Crippen LogP contribution < -0.4 is 19.6 Å². The molecule has 2 aromatic carbocycles. The Morgan fingerprint density at radius 3 is 2.50 bits per heavy atom. The van der Waals surface area contributed by atoms with Crippen molar-refractivity contribution in [2.45, 2.75) is 20.3 Å². The van der Waals surface area contributed by atoms with Crippen molar-refractivity contribution >= 4 is 11.6 Å². The molecule has 2 aromatic rings. The van der Waals surface area contributed by atoms with Gasteiger partial charge in [-0.05, 0) is 37.6 Å². The van der Waals surface area contributed by atoms with Crippen LogP contribution in [0, 0.1) is 0 Å². The van der Waals surface area contributed by atoms with Gasteiger partial charge < -0.3 is 14.2 Å². The predicted molar refractivity (Wildman–Crippen MR) is 101 cm³/mol. The maximum absolute atomic E-state index is 12.5. The molecule has 6 nitrogen and oxygen atoms in total. The molecule has 0 saturated carbocycles. The van der Waals surface area contributed by atoms with Crippen molar-refractivity contribution in [3.05, 3.63) is 53.6 Å². The van der Waals surface area contributed by atoms with Gasteiger partial charge in [0.05, 0.1) is 32.1 Å². The van der Waals surface area contributed by atoms with Gasteiger partial charge >= 0.3 is 0 Å². The zero-order valence-electron chi connectivity index (χ0n) is 15.5. The summed E-state index contributed by atoms with van der Waals surface area (Å²) in [6.07, 6.45) is 0.866. The molecule has 2 rings (SSSR count). The maximum Gasteiger partial charge on any atom is 0.275 e. The number of amides is 1. The first-order valence-electron chi connectivity index (χ1n) is 8.39. The molecule has 0 radical (unpaired) electrons. The number of benzene rings is 2. The molecule has 1 N–H and O–H groups in total. The molecule has 0 bridgehead atoms. The van der Waals surface area contributed by atoms with Gasteiger partial charge in [-0.25, -0.2) is 5.43 Å². The predicted octanol–water partition coefficient (Wildman–Crippen LogP) is 3.65. The minimum atomic E-state index is -0.330. The first-order chi connectivity index (χ1) is 12.6. The summed E-state index contributed by atoms with van der Waals surface area (Å²) in [7, 11) is 3.17. The molecule has 6 heteroatoms. The van der Waals surface area contributed by atoms with Crippen LogP contribution in [0.4, 0.5) is 0 Å². The standard InChI is InChI=1S/C20H24N2O4/c1-5-12-26-18-9-7-6-8-17(18)20(23)22-21-14(2)16-11-10-15(24-3)13-19(16)25-4/h6-11,13H,5,12H2,1-4H3,(H,22,23)/b21-14+. The molecule has 0 unspecified atom stereocenters. The van der Waals surface area contributed by atoms with Gasteiger partial charge in [0.15, 0.2) is 0 Å². The number of carbonyl (C=O) groups is 1. The Bertz CT molecular complexity index is 787. The molecule has 0 aliphatic heterocycles. The molecule has 0 aliphatic rings. The summed E-state index contributed by atoms with van der Waals surface area (Å²) < 4.78 is 16.2. The molecular formula is C20H24N2O4. The van der Waals surface area contributed by atoms with Crippen molar-refractivity contribution in [3.8, 4) is 17.2 Å². The Morgan fingerprint density at radius 2 is 1.81 bits per heavy atom. The minimum absolute atomic E-state index is 0.330. The number of methoxy groups -OCH3 is 2. The van der Waals surface area contributed by atoms with E-state index in [0.717, 1.165) is 12.0 Å². The number of hydrogen-bond acceptors (Lipinski definition) is 5. The van der Waals surface area contributed by atoms with E-state index in [1.807, 2.05) is 25.1 Å². The van der Waals surface area contributed by atoms with Crippen LogP contribution in [-0.4, -0.2) is 32.4 Å². The van der Waals surface area contributed by atoms with E-state index in [-0.39, 0.29) is 5.91 Å². The highest BCUT2D eigenvalue weighted by Crippen LogP contribution is 2.25. The van der Waals surface area contributed by atoms with E-state index >= 15 is 0 Å². The number of hydrazone groups is 1. The summed E-state index contributed by atoms with van der Waals surface area (Å²) in [6.45, 7) is 4.36. The van der Waals surface area contributed by atoms with Crippen LogP contribution in [0.1, 0.15) is 36.2 Å². The summed E-state index contributed by atoms with van der Waals surface area (Å²) in [5, 5.41) is 4.20. The normalized spacial score (nSPS) is 11.0. The van der Waals surface area contributed by atoms with Gasteiger partial charge in [-0.1, -0.05) is 19.1 Å². The van der Waals surface area contributed by atoms with E-state index in [2.05, 4.69) is 10.5 Å². The highest BCUT2D eigenvalue weighted by molar-refractivity contribution is 6.03. The lowest BCUT2D eigenvalue weighted by molar-refractivity contribution is 0.0950. The molecule has 0 heterocycles. The van der Waals surface area contributed by atoms with Crippen LogP contribution in [0.2, 0.25) is 0 Å². The number of rotatable bonds is 8. The number of para-hydroxylation sites is 1. The summed E-state index contributed by atoms with van der Waals surface area (Å²) in [5.41, 5.74) is 4.40. The Morgan fingerprint density at radius 1 is 1.04 bits per heavy atom. The van der Waals surface area contributed by atoms with Crippen molar-refractivity contribution in [2.75, 3.05) is 20.8 Å².